The van der Waals surface area contributed by atoms with Gasteiger partial charge in [0.25, 0.3) is 0 Å². The van der Waals surface area contributed by atoms with Gasteiger partial charge in [-0.2, -0.15) is 5.06 Å². The maximum atomic E-state index is 12.7. The summed E-state index contributed by atoms with van der Waals surface area (Å²) in [6, 6.07) is 17.9. The molecule has 7 nitrogen and oxygen atoms in total. The molecule has 0 saturated heterocycles. The Kier molecular flexibility index (Phi) is 8.36. The second-order valence-electron chi connectivity index (χ2n) is 8.25. The summed E-state index contributed by atoms with van der Waals surface area (Å²) < 4.78 is 14.0. The van der Waals surface area contributed by atoms with Gasteiger partial charge < -0.3 is 9.47 Å². The predicted molar refractivity (Wildman–Crippen MR) is 128 cm³/mol. The van der Waals surface area contributed by atoms with Gasteiger partial charge in [-0.3, -0.25) is 9.40 Å². The van der Waals surface area contributed by atoms with E-state index in [1.54, 1.807) is 30.2 Å². The fourth-order valence-electron chi connectivity index (χ4n) is 3.30. The van der Waals surface area contributed by atoms with Crippen LogP contribution in [0.4, 0.5) is 4.79 Å². The Bertz CT molecular complexity index is 994. The van der Waals surface area contributed by atoms with Crippen LogP contribution in [-0.4, -0.2) is 46.3 Å². The molecular weight excluding hydrogens is 442 g/mol. The van der Waals surface area contributed by atoms with Gasteiger partial charge in [0.2, 0.25) is 6.23 Å². The Morgan fingerprint density at radius 1 is 1.12 bits per heavy atom. The molecule has 1 aromatic heterocycles. The average molecular weight is 472 g/mol. The minimum absolute atomic E-state index is 0.241. The van der Waals surface area contributed by atoms with E-state index in [4.69, 9.17) is 25.9 Å². The van der Waals surface area contributed by atoms with Crippen molar-refractivity contribution in [2.45, 2.75) is 33.1 Å². The number of carbonyl (C=O) groups is 1. The number of nitrogens with zero attached hydrogens (tertiary/aromatic N) is 3. The second-order valence-corrected chi connectivity index (χ2v) is 8.52. The van der Waals surface area contributed by atoms with Gasteiger partial charge in [0.05, 0.1) is 12.9 Å². The molecule has 0 bridgehead atoms. The number of benzene rings is 2. The third kappa shape index (κ3) is 6.27. The van der Waals surface area contributed by atoms with E-state index < -0.39 is 23.8 Å². The van der Waals surface area contributed by atoms with Gasteiger partial charge in [-0.05, 0) is 30.2 Å². The highest BCUT2D eigenvalue weighted by molar-refractivity contribution is 6.18. The molecule has 2 atom stereocenters. The molecular formula is C25H30ClN3O4. The Morgan fingerprint density at radius 2 is 1.79 bits per heavy atom. The number of aromatic nitrogens is 2. The van der Waals surface area contributed by atoms with E-state index in [1.165, 1.54) is 7.05 Å². The zero-order chi connectivity index (χ0) is 23.8. The summed E-state index contributed by atoms with van der Waals surface area (Å²) in [5, 5.41) is 1.07. The van der Waals surface area contributed by atoms with Gasteiger partial charge in [-0.15, -0.1) is 11.6 Å². The Labute approximate surface area is 199 Å². The van der Waals surface area contributed by atoms with E-state index >= 15 is 0 Å². The molecule has 33 heavy (non-hydrogen) atoms. The van der Waals surface area contributed by atoms with Crippen molar-refractivity contribution in [1.82, 2.24) is 14.6 Å². The van der Waals surface area contributed by atoms with E-state index in [0.717, 1.165) is 16.2 Å². The van der Waals surface area contributed by atoms with Crippen molar-refractivity contribution in [2.24, 2.45) is 5.41 Å². The number of hydrogen-bond acceptors (Lipinski definition) is 5. The van der Waals surface area contributed by atoms with Crippen LogP contribution >= 0.6 is 11.6 Å². The SMILES string of the molecule is CCON(C)C(=O)OC(C(Oc1ccc(-c2ccccc2)cc1)n1ccnc1)C(C)(C)CCl. The highest BCUT2D eigenvalue weighted by Crippen LogP contribution is 2.35. The minimum Gasteiger partial charge on any atom is -0.466 e. The second kappa shape index (κ2) is 11.2. The molecule has 0 N–H and O–H groups in total. The lowest BCUT2D eigenvalue weighted by Gasteiger charge is -2.38. The number of hydrogen-bond donors (Lipinski definition) is 0. The van der Waals surface area contributed by atoms with Crippen molar-refractivity contribution in [1.29, 1.82) is 0 Å². The molecule has 3 rings (SSSR count). The van der Waals surface area contributed by atoms with Gasteiger partial charge in [0.1, 0.15) is 5.75 Å². The standard InChI is InChI=1S/C25H30ClN3O4/c1-5-31-28(4)24(30)33-22(25(2,3)17-26)23(29-16-15-27-18-29)32-21-13-11-20(12-14-21)19-9-7-6-8-10-19/h6-16,18,22-23H,5,17H2,1-4H3. The first-order valence-corrected chi connectivity index (χ1v) is 11.3. The third-order valence-corrected chi connectivity index (χ3v) is 5.91. The molecule has 1 amide bonds. The summed E-state index contributed by atoms with van der Waals surface area (Å²) in [6.45, 7) is 5.97. The zero-order valence-electron chi connectivity index (χ0n) is 19.3. The van der Waals surface area contributed by atoms with Crippen LogP contribution < -0.4 is 4.74 Å². The Balaban J connectivity index is 1.90. The molecule has 3 aromatic rings. The molecule has 0 aliphatic heterocycles. The van der Waals surface area contributed by atoms with Crippen LogP contribution in [0.2, 0.25) is 0 Å². The number of rotatable bonds is 10. The topological polar surface area (TPSA) is 65.8 Å². The fourth-order valence-corrected chi connectivity index (χ4v) is 3.46. The largest absolute Gasteiger partial charge is 0.466 e. The maximum absolute atomic E-state index is 12.7. The highest BCUT2D eigenvalue weighted by atomic mass is 35.5. The van der Waals surface area contributed by atoms with Gasteiger partial charge in [0, 0.05) is 30.7 Å². The first-order chi connectivity index (χ1) is 15.9. The van der Waals surface area contributed by atoms with Gasteiger partial charge in [-0.25, -0.2) is 9.78 Å². The molecule has 2 unspecified atom stereocenters. The molecule has 0 fully saturated rings. The van der Waals surface area contributed by atoms with Gasteiger partial charge in [0.15, 0.2) is 6.10 Å². The van der Waals surface area contributed by atoms with Crippen LogP contribution in [-0.2, 0) is 9.57 Å². The number of imidazole rings is 1. The molecule has 2 aromatic carbocycles. The molecule has 0 aliphatic carbocycles. The van der Waals surface area contributed by atoms with Crippen molar-refractivity contribution in [3.05, 3.63) is 73.3 Å². The minimum atomic E-state index is -0.742. The monoisotopic (exact) mass is 471 g/mol. The molecule has 0 radical (unpaired) electrons. The van der Waals surface area contributed by atoms with Crippen LogP contribution in [0, 0.1) is 5.41 Å². The lowest BCUT2D eigenvalue weighted by atomic mass is 9.87. The number of hydroxylamine groups is 2. The Morgan fingerprint density at radius 3 is 2.36 bits per heavy atom. The molecule has 0 saturated carbocycles. The van der Waals surface area contributed by atoms with E-state index in [0.29, 0.717) is 12.4 Å². The van der Waals surface area contributed by atoms with Crippen LogP contribution in [0.3, 0.4) is 0 Å². The zero-order valence-corrected chi connectivity index (χ0v) is 20.1. The molecule has 0 aliphatic rings. The van der Waals surface area contributed by atoms with Crippen LogP contribution in [0.1, 0.15) is 27.0 Å². The maximum Gasteiger partial charge on any atom is 0.434 e. The normalized spacial score (nSPS) is 13.2. The summed E-state index contributed by atoms with van der Waals surface area (Å²) in [5.41, 5.74) is 1.57. The van der Waals surface area contributed by atoms with Gasteiger partial charge in [-0.1, -0.05) is 56.3 Å². The van der Waals surface area contributed by atoms with E-state index in [1.807, 2.05) is 56.3 Å². The summed E-state index contributed by atoms with van der Waals surface area (Å²) in [5.74, 6) is 0.864. The molecule has 8 heteroatoms. The third-order valence-electron chi connectivity index (χ3n) is 5.22. The lowest BCUT2D eigenvalue weighted by molar-refractivity contribution is -0.145. The number of ether oxygens (including phenoxy) is 2. The number of alkyl halides is 1. The Hall–Kier alpha value is -3.03. The van der Waals surface area contributed by atoms with Crippen LogP contribution in [0.5, 0.6) is 5.75 Å². The van der Waals surface area contributed by atoms with E-state index in [-0.39, 0.29) is 5.88 Å². The van der Waals surface area contributed by atoms with Crippen molar-refractivity contribution >= 4 is 17.7 Å². The summed E-state index contributed by atoms with van der Waals surface area (Å²) in [4.78, 5) is 22.1. The fraction of sp³-hybridized carbons (Fsp3) is 0.360. The van der Waals surface area contributed by atoms with Crippen LogP contribution in [0.15, 0.2) is 73.3 Å². The predicted octanol–water partition coefficient (Wildman–Crippen LogP) is 5.78. The molecule has 0 spiro atoms. The van der Waals surface area contributed by atoms with E-state index in [9.17, 15) is 4.79 Å². The van der Waals surface area contributed by atoms with Crippen molar-refractivity contribution in [3.63, 3.8) is 0 Å². The smallest absolute Gasteiger partial charge is 0.434 e. The number of carbonyl (C=O) groups excluding carboxylic acids is 1. The number of amides is 1. The summed E-state index contributed by atoms with van der Waals surface area (Å²) in [7, 11) is 1.51. The summed E-state index contributed by atoms with van der Waals surface area (Å²) >= 11 is 6.29. The summed E-state index contributed by atoms with van der Waals surface area (Å²) in [6.07, 6.45) is 2.96. The molecule has 176 valence electrons. The average Bonchev–Trinajstić information content (AvgIpc) is 3.37. The van der Waals surface area contributed by atoms with Crippen molar-refractivity contribution in [2.75, 3.05) is 19.5 Å². The van der Waals surface area contributed by atoms with Gasteiger partial charge >= 0.3 is 6.09 Å². The highest BCUT2D eigenvalue weighted by Gasteiger charge is 2.42. The van der Waals surface area contributed by atoms with Crippen molar-refractivity contribution < 1.29 is 19.1 Å². The van der Waals surface area contributed by atoms with Crippen molar-refractivity contribution in [3.8, 4) is 16.9 Å². The van der Waals surface area contributed by atoms with Crippen LogP contribution in [0.25, 0.3) is 11.1 Å². The van der Waals surface area contributed by atoms with E-state index in [2.05, 4.69) is 17.1 Å². The first-order valence-electron chi connectivity index (χ1n) is 10.8. The first kappa shape index (κ1) is 24.6. The molecule has 1 heterocycles. The quantitative estimate of drug-likeness (QED) is 0.277. The number of halogens is 1. The lowest BCUT2D eigenvalue weighted by Crippen LogP contribution is -2.46.